The van der Waals surface area contributed by atoms with Crippen molar-refractivity contribution in [2.24, 2.45) is 5.92 Å². The van der Waals surface area contributed by atoms with Gasteiger partial charge in [0.2, 0.25) is 17.7 Å². The van der Waals surface area contributed by atoms with E-state index in [1.54, 1.807) is 19.1 Å². The number of nitrogens with one attached hydrogen (secondary N) is 3. The van der Waals surface area contributed by atoms with Crippen LogP contribution in [0.3, 0.4) is 0 Å². The molecule has 1 aromatic carbocycles. The Morgan fingerprint density at radius 1 is 0.886 bits per heavy atom. The number of carbonyl (C=O) groups excluding carboxylic acids is 5. The molecule has 3 N–H and O–H groups in total. The number of nitrogens with zero attached hydrogens (tertiary/aromatic N) is 1. The van der Waals surface area contributed by atoms with Gasteiger partial charge >= 0.3 is 0 Å². The average molecular weight is 503 g/mol. The number of carbonyl (C=O) groups is 5. The topological polar surface area (TPSA) is 125 Å². The van der Waals surface area contributed by atoms with Gasteiger partial charge in [0.1, 0.15) is 12.1 Å². The van der Waals surface area contributed by atoms with E-state index in [0.717, 1.165) is 5.56 Å². The van der Waals surface area contributed by atoms with Crippen LogP contribution in [0.25, 0.3) is 0 Å². The monoisotopic (exact) mass is 502 g/mol. The molecule has 0 fully saturated rings. The molecule has 1 aromatic rings. The Bertz CT molecular complexity index is 943. The number of hydrogen-bond acceptors (Lipinski definition) is 6. The number of benzene rings is 1. The van der Waals surface area contributed by atoms with Crippen LogP contribution in [0.4, 0.5) is 5.69 Å². The normalized spacial score (nSPS) is 14.7. The summed E-state index contributed by atoms with van der Waals surface area (Å²) in [5, 5.41) is 8.18. The smallest absolute Gasteiger partial charge is 0.253 e. The number of hydrogen-bond donors (Lipinski definition) is 4. The molecule has 0 aliphatic carbocycles. The number of unbranched alkanes of at least 4 members (excludes halogenated alkanes) is 2. The van der Waals surface area contributed by atoms with Crippen LogP contribution in [0.1, 0.15) is 52.0 Å². The first-order valence-corrected chi connectivity index (χ1v) is 12.4. The molecule has 0 saturated carbocycles. The number of imide groups is 1. The summed E-state index contributed by atoms with van der Waals surface area (Å²) in [5.41, 5.74) is 1.64. The average Bonchev–Trinajstić information content (AvgIpc) is 3.14. The number of amides is 5. The fourth-order valence-electron chi connectivity index (χ4n) is 3.48. The predicted molar refractivity (Wildman–Crippen MR) is 136 cm³/mol. The van der Waals surface area contributed by atoms with Crippen LogP contribution in [0, 0.1) is 5.92 Å². The Hall–Kier alpha value is -3.14. The first-order valence-electron chi connectivity index (χ1n) is 11.8. The summed E-state index contributed by atoms with van der Waals surface area (Å²) >= 11 is 4.20. The molecule has 0 unspecified atom stereocenters. The standard InChI is InChI=1S/C25H34N4O5S/c1-16(2)23(28-20(30)7-5-4-6-14-29-21(31)12-13-22(29)32)25(34)26-17(3)24(33)27-19-10-8-18(15-35)9-11-19/h8-13,16-17,23,35H,4-7,14-15H2,1-3H3,(H,26,34)(H,27,33)(H,28,30)/t17-,23-/m0/s1. The van der Waals surface area contributed by atoms with E-state index >= 15 is 0 Å². The highest BCUT2D eigenvalue weighted by atomic mass is 32.1. The molecular weight excluding hydrogens is 468 g/mol. The van der Waals surface area contributed by atoms with Crippen molar-refractivity contribution in [3.8, 4) is 0 Å². The van der Waals surface area contributed by atoms with E-state index in [0.29, 0.717) is 37.2 Å². The molecule has 35 heavy (non-hydrogen) atoms. The van der Waals surface area contributed by atoms with E-state index in [1.807, 2.05) is 26.0 Å². The second-order valence-electron chi connectivity index (χ2n) is 8.84. The molecule has 1 heterocycles. The van der Waals surface area contributed by atoms with Gasteiger partial charge in [0, 0.05) is 36.6 Å². The van der Waals surface area contributed by atoms with E-state index in [2.05, 4.69) is 28.6 Å². The van der Waals surface area contributed by atoms with Gasteiger partial charge in [-0.25, -0.2) is 0 Å². The zero-order chi connectivity index (χ0) is 26.0. The summed E-state index contributed by atoms with van der Waals surface area (Å²) < 4.78 is 0. The van der Waals surface area contributed by atoms with Crippen molar-refractivity contribution in [1.82, 2.24) is 15.5 Å². The van der Waals surface area contributed by atoms with E-state index in [1.165, 1.54) is 17.1 Å². The molecule has 2 rings (SSSR count). The van der Waals surface area contributed by atoms with Crippen molar-refractivity contribution in [2.45, 2.75) is 64.3 Å². The highest BCUT2D eigenvalue weighted by molar-refractivity contribution is 7.79. The summed E-state index contributed by atoms with van der Waals surface area (Å²) in [7, 11) is 0. The molecule has 0 aromatic heterocycles. The fourth-order valence-corrected chi connectivity index (χ4v) is 3.69. The lowest BCUT2D eigenvalue weighted by Crippen LogP contribution is -2.53. The summed E-state index contributed by atoms with van der Waals surface area (Å²) in [4.78, 5) is 61.9. The van der Waals surface area contributed by atoms with Crippen molar-refractivity contribution in [2.75, 3.05) is 11.9 Å². The van der Waals surface area contributed by atoms with Gasteiger partial charge < -0.3 is 16.0 Å². The van der Waals surface area contributed by atoms with Gasteiger partial charge in [-0.15, -0.1) is 0 Å². The lowest BCUT2D eigenvalue weighted by atomic mass is 10.0. The molecule has 2 atom stereocenters. The zero-order valence-electron chi connectivity index (χ0n) is 20.4. The lowest BCUT2D eigenvalue weighted by Gasteiger charge is -2.24. The van der Waals surface area contributed by atoms with Gasteiger partial charge in [-0.05, 0) is 43.4 Å². The second kappa shape index (κ2) is 13.7. The van der Waals surface area contributed by atoms with E-state index < -0.39 is 18.0 Å². The SMILES string of the molecule is CC(C)[C@H](NC(=O)CCCCCN1C(=O)C=CC1=O)C(=O)N[C@@H](C)C(=O)Nc1ccc(CS)cc1. The Morgan fingerprint density at radius 3 is 2.09 bits per heavy atom. The Morgan fingerprint density at radius 2 is 1.51 bits per heavy atom. The predicted octanol–water partition coefficient (Wildman–Crippen LogP) is 2.19. The van der Waals surface area contributed by atoms with Crippen LogP contribution in [0.15, 0.2) is 36.4 Å². The van der Waals surface area contributed by atoms with Crippen LogP contribution in [0.5, 0.6) is 0 Å². The molecule has 0 bridgehead atoms. The lowest BCUT2D eigenvalue weighted by molar-refractivity contribution is -0.137. The van der Waals surface area contributed by atoms with E-state index in [-0.39, 0.29) is 36.0 Å². The zero-order valence-corrected chi connectivity index (χ0v) is 21.3. The third-order valence-electron chi connectivity index (χ3n) is 5.61. The van der Waals surface area contributed by atoms with Crippen molar-refractivity contribution in [3.05, 3.63) is 42.0 Å². The summed E-state index contributed by atoms with van der Waals surface area (Å²) in [6.07, 6.45) is 4.54. The van der Waals surface area contributed by atoms with Crippen LogP contribution in [-0.4, -0.2) is 53.1 Å². The van der Waals surface area contributed by atoms with Crippen molar-refractivity contribution in [3.63, 3.8) is 0 Å². The quantitative estimate of drug-likeness (QED) is 0.187. The molecule has 10 heteroatoms. The van der Waals surface area contributed by atoms with Crippen molar-refractivity contribution < 1.29 is 24.0 Å². The molecule has 1 aliphatic rings. The highest BCUT2D eigenvalue weighted by Gasteiger charge is 2.27. The van der Waals surface area contributed by atoms with Crippen molar-refractivity contribution >= 4 is 47.9 Å². The van der Waals surface area contributed by atoms with Gasteiger partial charge in [-0.3, -0.25) is 28.9 Å². The number of thiol groups is 1. The first-order chi connectivity index (χ1) is 16.6. The molecule has 0 radical (unpaired) electrons. The Balaban J connectivity index is 1.75. The fraction of sp³-hybridized carbons (Fsp3) is 0.480. The van der Waals surface area contributed by atoms with Crippen LogP contribution in [0.2, 0.25) is 0 Å². The third-order valence-corrected chi connectivity index (χ3v) is 5.97. The Kier molecular flexibility index (Phi) is 11.0. The van der Waals surface area contributed by atoms with Gasteiger partial charge in [0.05, 0.1) is 0 Å². The maximum Gasteiger partial charge on any atom is 0.253 e. The maximum atomic E-state index is 12.8. The molecule has 190 valence electrons. The van der Waals surface area contributed by atoms with E-state index in [9.17, 15) is 24.0 Å². The summed E-state index contributed by atoms with van der Waals surface area (Å²) in [5.74, 6) is -1.27. The van der Waals surface area contributed by atoms with Crippen LogP contribution in [-0.2, 0) is 29.7 Å². The van der Waals surface area contributed by atoms with Gasteiger partial charge in [0.15, 0.2) is 0 Å². The largest absolute Gasteiger partial charge is 0.344 e. The number of rotatable bonds is 13. The van der Waals surface area contributed by atoms with Gasteiger partial charge in [0.25, 0.3) is 11.8 Å². The molecule has 5 amide bonds. The molecule has 0 spiro atoms. The van der Waals surface area contributed by atoms with Crippen LogP contribution < -0.4 is 16.0 Å². The minimum atomic E-state index is -0.796. The third kappa shape index (κ3) is 8.86. The molecular formula is C25H34N4O5S. The van der Waals surface area contributed by atoms with Gasteiger partial charge in [-0.2, -0.15) is 12.6 Å². The summed E-state index contributed by atoms with van der Waals surface area (Å²) in [6, 6.07) is 5.69. The minimum absolute atomic E-state index is 0.178. The highest BCUT2D eigenvalue weighted by Crippen LogP contribution is 2.12. The first kappa shape index (κ1) is 28.1. The molecule has 0 saturated heterocycles. The maximum absolute atomic E-state index is 12.8. The molecule has 9 nitrogen and oxygen atoms in total. The second-order valence-corrected chi connectivity index (χ2v) is 9.15. The van der Waals surface area contributed by atoms with Crippen molar-refractivity contribution in [1.29, 1.82) is 0 Å². The Labute approximate surface area is 211 Å². The minimum Gasteiger partial charge on any atom is -0.344 e. The molecule has 1 aliphatic heterocycles. The van der Waals surface area contributed by atoms with Gasteiger partial charge in [-0.1, -0.05) is 32.4 Å². The van der Waals surface area contributed by atoms with E-state index in [4.69, 9.17) is 0 Å². The summed E-state index contributed by atoms with van der Waals surface area (Å²) in [6.45, 7) is 5.54. The van der Waals surface area contributed by atoms with Crippen LogP contribution >= 0.6 is 12.6 Å². The number of anilines is 1.